The average Bonchev–Trinajstić information content (AvgIpc) is 2.27. The lowest BCUT2D eigenvalue weighted by molar-refractivity contribution is -0.157. The summed E-state index contributed by atoms with van der Waals surface area (Å²) in [5, 5.41) is 0. The van der Waals surface area contributed by atoms with E-state index in [9.17, 15) is 9.59 Å². The van der Waals surface area contributed by atoms with E-state index in [1.165, 1.54) is 0 Å². The maximum Gasteiger partial charge on any atom is 0.309 e. The summed E-state index contributed by atoms with van der Waals surface area (Å²) < 4.78 is 5.17. The fourth-order valence-corrected chi connectivity index (χ4v) is 1.82. The van der Waals surface area contributed by atoms with Gasteiger partial charge in [0.2, 0.25) is 0 Å². The Bertz CT molecular complexity index is 372. The van der Waals surface area contributed by atoms with Crippen molar-refractivity contribution in [2.45, 2.75) is 19.4 Å². The summed E-state index contributed by atoms with van der Waals surface area (Å²) in [6, 6.07) is 9.54. The van der Waals surface area contributed by atoms with E-state index in [0.29, 0.717) is 6.61 Å². The fourth-order valence-electron chi connectivity index (χ4n) is 1.82. The van der Waals surface area contributed by atoms with Gasteiger partial charge in [-0.2, -0.15) is 0 Å². The molecule has 3 heteroatoms. The van der Waals surface area contributed by atoms with Crippen molar-refractivity contribution >= 4 is 12.3 Å². The maximum absolute atomic E-state index is 11.6. The molecule has 1 aromatic carbocycles. The number of ether oxygens (including phenoxy) is 1. The summed E-state index contributed by atoms with van der Waals surface area (Å²) in [6.45, 7) is 0.293. The summed E-state index contributed by atoms with van der Waals surface area (Å²) >= 11 is 0. The highest BCUT2D eigenvalue weighted by Crippen LogP contribution is 2.33. The lowest BCUT2D eigenvalue weighted by Crippen LogP contribution is -2.35. The molecule has 0 heterocycles. The molecule has 84 valence electrons. The van der Waals surface area contributed by atoms with Crippen molar-refractivity contribution in [2.24, 2.45) is 11.8 Å². The zero-order valence-corrected chi connectivity index (χ0v) is 8.96. The van der Waals surface area contributed by atoms with E-state index in [1.54, 1.807) is 0 Å². The van der Waals surface area contributed by atoms with Crippen LogP contribution < -0.4 is 0 Å². The second-order valence-corrected chi connectivity index (χ2v) is 4.08. The quantitative estimate of drug-likeness (QED) is 0.573. The van der Waals surface area contributed by atoms with Crippen molar-refractivity contribution in [3.05, 3.63) is 35.9 Å². The molecule has 2 unspecified atom stereocenters. The summed E-state index contributed by atoms with van der Waals surface area (Å²) in [5.74, 6) is -0.573. The third kappa shape index (κ3) is 2.30. The second-order valence-electron chi connectivity index (χ2n) is 4.08. The smallest absolute Gasteiger partial charge is 0.309 e. The van der Waals surface area contributed by atoms with E-state index in [0.717, 1.165) is 24.7 Å². The highest BCUT2D eigenvalue weighted by molar-refractivity contribution is 5.78. The number of carbonyl (C=O) groups is 2. The summed E-state index contributed by atoms with van der Waals surface area (Å²) in [4.78, 5) is 22.2. The van der Waals surface area contributed by atoms with Crippen LogP contribution in [0.3, 0.4) is 0 Å². The van der Waals surface area contributed by atoms with E-state index in [-0.39, 0.29) is 17.8 Å². The molecule has 1 saturated carbocycles. The zero-order valence-electron chi connectivity index (χ0n) is 8.96. The molecule has 1 fully saturated rings. The van der Waals surface area contributed by atoms with Gasteiger partial charge in [0.05, 0.1) is 5.92 Å². The van der Waals surface area contributed by atoms with Crippen LogP contribution in [0.25, 0.3) is 0 Å². The maximum atomic E-state index is 11.6. The molecule has 1 aromatic rings. The number of hydrogen-bond acceptors (Lipinski definition) is 3. The highest BCUT2D eigenvalue weighted by Gasteiger charge is 2.37. The Hall–Kier alpha value is -1.64. The van der Waals surface area contributed by atoms with Crippen LogP contribution >= 0.6 is 0 Å². The monoisotopic (exact) mass is 218 g/mol. The van der Waals surface area contributed by atoms with Gasteiger partial charge in [-0.25, -0.2) is 0 Å². The first-order valence-electron chi connectivity index (χ1n) is 5.47. The van der Waals surface area contributed by atoms with Crippen LogP contribution in [-0.2, 0) is 20.9 Å². The van der Waals surface area contributed by atoms with Crippen LogP contribution in [0.1, 0.15) is 18.4 Å². The molecule has 2 atom stereocenters. The third-order valence-electron chi connectivity index (χ3n) is 3.03. The average molecular weight is 218 g/mol. The molecule has 0 aliphatic heterocycles. The topological polar surface area (TPSA) is 43.4 Å². The molecule has 0 aromatic heterocycles. The normalized spacial score (nSPS) is 23.2. The van der Waals surface area contributed by atoms with E-state index in [4.69, 9.17) is 4.74 Å². The summed E-state index contributed by atoms with van der Waals surface area (Å²) in [7, 11) is 0. The molecule has 1 aliphatic carbocycles. The van der Waals surface area contributed by atoms with Crippen LogP contribution in [0.5, 0.6) is 0 Å². The molecule has 16 heavy (non-hydrogen) atoms. The van der Waals surface area contributed by atoms with Crippen molar-refractivity contribution < 1.29 is 14.3 Å². The Labute approximate surface area is 94.4 Å². The van der Waals surface area contributed by atoms with Gasteiger partial charge in [-0.3, -0.25) is 4.79 Å². The van der Waals surface area contributed by atoms with Crippen molar-refractivity contribution in [1.82, 2.24) is 0 Å². The Balaban J connectivity index is 1.82. The second kappa shape index (κ2) is 4.92. The first kappa shape index (κ1) is 10.9. The molecule has 0 amide bonds. The van der Waals surface area contributed by atoms with E-state index >= 15 is 0 Å². The number of hydrogen-bond donors (Lipinski definition) is 0. The Morgan fingerprint density at radius 2 is 2.06 bits per heavy atom. The molecule has 1 aliphatic rings. The van der Waals surface area contributed by atoms with Crippen LogP contribution in [0.4, 0.5) is 0 Å². The molecule has 0 bridgehead atoms. The van der Waals surface area contributed by atoms with Crippen LogP contribution in [0.15, 0.2) is 30.3 Å². The predicted molar refractivity (Wildman–Crippen MR) is 58.5 cm³/mol. The number of aldehydes is 1. The van der Waals surface area contributed by atoms with Crippen LogP contribution in [0.2, 0.25) is 0 Å². The van der Waals surface area contributed by atoms with Crippen LogP contribution in [-0.4, -0.2) is 12.3 Å². The summed E-state index contributed by atoms with van der Waals surface area (Å²) in [5.41, 5.74) is 0.970. The molecule has 3 nitrogen and oxygen atoms in total. The number of esters is 1. The number of carbonyl (C=O) groups excluding carboxylic acids is 2. The summed E-state index contributed by atoms with van der Waals surface area (Å²) in [6.07, 6.45) is 2.45. The van der Waals surface area contributed by atoms with E-state index in [1.807, 2.05) is 30.3 Å². The third-order valence-corrected chi connectivity index (χ3v) is 3.03. The molecule has 0 N–H and O–H groups in total. The van der Waals surface area contributed by atoms with E-state index < -0.39 is 0 Å². The lowest BCUT2D eigenvalue weighted by atomic mass is 9.75. The molecular weight excluding hydrogens is 204 g/mol. The first-order valence-corrected chi connectivity index (χ1v) is 5.47. The highest BCUT2D eigenvalue weighted by atomic mass is 16.5. The predicted octanol–water partition coefficient (Wildman–Crippen LogP) is 1.95. The van der Waals surface area contributed by atoms with Crippen molar-refractivity contribution in [3.63, 3.8) is 0 Å². The van der Waals surface area contributed by atoms with Gasteiger partial charge >= 0.3 is 5.97 Å². The zero-order chi connectivity index (χ0) is 11.4. The first-order chi connectivity index (χ1) is 7.81. The van der Waals surface area contributed by atoms with Crippen molar-refractivity contribution in [3.8, 4) is 0 Å². The molecular formula is C13H14O3. The van der Waals surface area contributed by atoms with Crippen molar-refractivity contribution in [2.75, 3.05) is 0 Å². The van der Waals surface area contributed by atoms with Gasteiger partial charge in [0, 0.05) is 5.92 Å². The SMILES string of the molecule is O=CC1CCC1C(=O)OCc1ccccc1. The molecule has 2 rings (SSSR count). The van der Waals surface area contributed by atoms with Gasteiger partial charge in [0.25, 0.3) is 0 Å². The fraction of sp³-hybridized carbons (Fsp3) is 0.385. The van der Waals surface area contributed by atoms with Gasteiger partial charge in [-0.15, -0.1) is 0 Å². The Kier molecular flexibility index (Phi) is 3.34. The van der Waals surface area contributed by atoms with Gasteiger partial charge in [-0.1, -0.05) is 30.3 Å². The van der Waals surface area contributed by atoms with E-state index in [2.05, 4.69) is 0 Å². The van der Waals surface area contributed by atoms with Gasteiger partial charge < -0.3 is 9.53 Å². The van der Waals surface area contributed by atoms with Gasteiger partial charge in [-0.05, 0) is 18.4 Å². The van der Waals surface area contributed by atoms with Gasteiger partial charge in [0.15, 0.2) is 0 Å². The minimum atomic E-state index is -0.243. The number of rotatable bonds is 4. The molecule has 0 radical (unpaired) electrons. The Morgan fingerprint density at radius 1 is 1.31 bits per heavy atom. The lowest BCUT2D eigenvalue weighted by Gasteiger charge is -2.30. The Morgan fingerprint density at radius 3 is 2.62 bits per heavy atom. The molecule has 0 spiro atoms. The minimum Gasteiger partial charge on any atom is -0.461 e. The minimum absolute atomic E-state index is 0.122. The number of benzene rings is 1. The molecule has 0 saturated heterocycles. The van der Waals surface area contributed by atoms with Crippen LogP contribution in [0, 0.1) is 11.8 Å². The van der Waals surface area contributed by atoms with Gasteiger partial charge in [0.1, 0.15) is 12.9 Å². The van der Waals surface area contributed by atoms with Crippen molar-refractivity contribution in [1.29, 1.82) is 0 Å². The standard InChI is InChI=1S/C13H14O3/c14-8-11-6-7-12(11)13(15)16-9-10-4-2-1-3-5-10/h1-5,8,11-12H,6-7,9H2. The largest absolute Gasteiger partial charge is 0.461 e.